The molecular formula is C13H17BrN4O3. The van der Waals surface area contributed by atoms with Crippen LogP contribution >= 0.6 is 15.9 Å². The molecule has 0 unspecified atom stereocenters. The van der Waals surface area contributed by atoms with Crippen LogP contribution in [-0.2, 0) is 9.53 Å². The average Bonchev–Trinajstić information content (AvgIpc) is 2.46. The lowest BCUT2D eigenvalue weighted by molar-refractivity contribution is -0.120. The minimum Gasteiger partial charge on any atom is -0.439 e. The minimum absolute atomic E-state index is 0.0359. The summed E-state index contributed by atoms with van der Waals surface area (Å²) in [7, 11) is 0. The van der Waals surface area contributed by atoms with E-state index in [2.05, 4.69) is 35.9 Å². The number of anilines is 1. The number of nitrogens with zero attached hydrogens (tertiary/aromatic N) is 2. The van der Waals surface area contributed by atoms with Crippen LogP contribution in [-0.4, -0.2) is 42.7 Å². The van der Waals surface area contributed by atoms with Crippen LogP contribution in [0.1, 0.15) is 12.8 Å². The average molecular weight is 357 g/mol. The third kappa shape index (κ3) is 4.89. The molecule has 2 amide bonds. The summed E-state index contributed by atoms with van der Waals surface area (Å²) < 4.78 is 5.48. The summed E-state index contributed by atoms with van der Waals surface area (Å²) in [4.78, 5) is 28.5. The zero-order valence-corrected chi connectivity index (χ0v) is 13.0. The molecule has 1 saturated heterocycles. The fourth-order valence-electron chi connectivity index (χ4n) is 2.17. The second-order valence-electron chi connectivity index (χ2n) is 4.77. The molecule has 2 heterocycles. The number of nitrogens with one attached hydrogen (secondary N) is 1. The van der Waals surface area contributed by atoms with Gasteiger partial charge in [-0.25, -0.2) is 9.78 Å². The van der Waals surface area contributed by atoms with Gasteiger partial charge in [-0.1, -0.05) is 6.07 Å². The highest BCUT2D eigenvalue weighted by Gasteiger charge is 2.22. The zero-order valence-electron chi connectivity index (χ0n) is 11.4. The second kappa shape index (κ2) is 7.26. The molecule has 21 heavy (non-hydrogen) atoms. The molecule has 1 aliphatic rings. The molecule has 0 atom stereocenters. The van der Waals surface area contributed by atoms with Crippen LogP contribution in [0.5, 0.6) is 0 Å². The smallest absolute Gasteiger partial charge is 0.407 e. The van der Waals surface area contributed by atoms with Gasteiger partial charge in [-0.05, 0) is 40.9 Å². The van der Waals surface area contributed by atoms with Gasteiger partial charge in [-0.3, -0.25) is 4.79 Å². The van der Waals surface area contributed by atoms with Crippen molar-refractivity contribution in [3.05, 3.63) is 22.8 Å². The molecule has 2 rings (SSSR count). The molecule has 7 nitrogen and oxygen atoms in total. The molecule has 1 aromatic rings. The summed E-state index contributed by atoms with van der Waals surface area (Å²) in [5.74, 6) is 0.250. The molecule has 1 fully saturated rings. The monoisotopic (exact) mass is 356 g/mol. The van der Waals surface area contributed by atoms with Gasteiger partial charge >= 0.3 is 6.09 Å². The van der Waals surface area contributed by atoms with Gasteiger partial charge < -0.3 is 20.7 Å². The molecule has 8 heteroatoms. The van der Waals surface area contributed by atoms with E-state index in [0.717, 1.165) is 36.4 Å². The van der Waals surface area contributed by atoms with Crippen molar-refractivity contribution in [3.8, 4) is 0 Å². The Hall–Kier alpha value is -1.83. The molecule has 0 saturated carbocycles. The molecular weight excluding hydrogens is 340 g/mol. The van der Waals surface area contributed by atoms with Crippen LogP contribution in [0.3, 0.4) is 0 Å². The number of amides is 2. The van der Waals surface area contributed by atoms with E-state index >= 15 is 0 Å². The maximum atomic E-state index is 11.4. The van der Waals surface area contributed by atoms with E-state index in [1.165, 1.54) is 0 Å². The summed E-state index contributed by atoms with van der Waals surface area (Å²) in [6, 6.07) is 5.82. The lowest BCUT2D eigenvalue weighted by Crippen LogP contribution is -2.45. The van der Waals surface area contributed by atoms with Crippen LogP contribution in [0.25, 0.3) is 0 Å². The van der Waals surface area contributed by atoms with Crippen molar-refractivity contribution in [1.82, 2.24) is 10.3 Å². The fourth-order valence-corrected chi connectivity index (χ4v) is 2.51. The summed E-state index contributed by atoms with van der Waals surface area (Å²) in [5.41, 5.74) is 4.91. The summed E-state index contributed by atoms with van der Waals surface area (Å²) in [6.45, 7) is 1.20. The highest BCUT2D eigenvalue weighted by atomic mass is 79.9. The molecule has 0 aliphatic carbocycles. The van der Waals surface area contributed by atoms with Crippen LogP contribution in [0, 0.1) is 0 Å². The van der Waals surface area contributed by atoms with Gasteiger partial charge in [-0.2, -0.15) is 0 Å². The lowest BCUT2D eigenvalue weighted by atomic mass is 10.1. The number of aromatic nitrogens is 1. The van der Waals surface area contributed by atoms with Crippen molar-refractivity contribution < 1.29 is 14.3 Å². The number of carbonyl (C=O) groups excluding carboxylic acids is 2. The van der Waals surface area contributed by atoms with Gasteiger partial charge in [0.15, 0.2) is 6.61 Å². The number of carbonyl (C=O) groups is 2. The van der Waals surface area contributed by atoms with Gasteiger partial charge in [0.05, 0.1) is 0 Å². The fraction of sp³-hybridized carbons (Fsp3) is 0.462. The Kier molecular flexibility index (Phi) is 5.38. The van der Waals surface area contributed by atoms with Crippen LogP contribution in [0.2, 0.25) is 0 Å². The van der Waals surface area contributed by atoms with Crippen molar-refractivity contribution in [2.75, 3.05) is 24.6 Å². The normalized spacial score (nSPS) is 15.6. The summed E-state index contributed by atoms with van der Waals surface area (Å²) >= 11 is 3.35. The first-order valence-corrected chi connectivity index (χ1v) is 7.43. The summed E-state index contributed by atoms with van der Waals surface area (Å²) in [5, 5.41) is 2.73. The van der Waals surface area contributed by atoms with Crippen LogP contribution in [0.15, 0.2) is 22.8 Å². The van der Waals surface area contributed by atoms with Gasteiger partial charge in [0.2, 0.25) is 0 Å². The Bertz CT molecular complexity index is 518. The third-order valence-corrected chi connectivity index (χ3v) is 3.63. The highest BCUT2D eigenvalue weighted by Crippen LogP contribution is 2.19. The Labute approximate surface area is 131 Å². The minimum atomic E-state index is -0.666. The maximum absolute atomic E-state index is 11.4. The van der Waals surface area contributed by atoms with E-state index in [0.29, 0.717) is 0 Å². The Balaban J connectivity index is 1.78. The number of primary amides is 1. The number of halogens is 1. The maximum Gasteiger partial charge on any atom is 0.407 e. The SMILES string of the molecule is NC(=O)COC(=O)NC1CCN(c2cccc(Br)n2)CC1. The standard InChI is InChI=1S/C13H17BrN4O3/c14-10-2-1-3-12(17-10)18-6-4-9(5-7-18)16-13(20)21-8-11(15)19/h1-3,9H,4-8H2,(H2,15,19)(H,16,20). The van der Waals surface area contributed by atoms with E-state index in [9.17, 15) is 9.59 Å². The molecule has 1 aromatic heterocycles. The first kappa shape index (κ1) is 15.6. The third-order valence-electron chi connectivity index (χ3n) is 3.19. The highest BCUT2D eigenvalue weighted by molar-refractivity contribution is 9.10. The topological polar surface area (TPSA) is 97.6 Å². The molecule has 3 N–H and O–H groups in total. The van der Waals surface area contributed by atoms with Gasteiger partial charge in [-0.15, -0.1) is 0 Å². The first-order chi connectivity index (χ1) is 10.0. The quantitative estimate of drug-likeness (QED) is 0.785. The van der Waals surface area contributed by atoms with E-state index in [4.69, 9.17) is 5.73 Å². The van der Waals surface area contributed by atoms with E-state index in [1.807, 2.05) is 18.2 Å². The van der Waals surface area contributed by atoms with Crippen LogP contribution < -0.4 is 16.0 Å². The number of ether oxygens (including phenoxy) is 1. The molecule has 0 aromatic carbocycles. The van der Waals surface area contributed by atoms with Crippen molar-refractivity contribution in [2.45, 2.75) is 18.9 Å². The number of rotatable bonds is 4. The number of hydrogen-bond acceptors (Lipinski definition) is 5. The van der Waals surface area contributed by atoms with Crippen molar-refractivity contribution >= 4 is 33.7 Å². The van der Waals surface area contributed by atoms with Crippen LogP contribution in [0.4, 0.5) is 10.6 Å². The Morgan fingerprint density at radius 3 is 2.76 bits per heavy atom. The molecule has 0 bridgehead atoms. The van der Waals surface area contributed by atoms with E-state index < -0.39 is 18.6 Å². The molecule has 0 spiro atoms. The molecule has 1 aliphatic heterocycles. The Morgan fingerprint density at radius 2 is 2.14 bits per heavy atom. The summed E-state index contributed by atoms with van der Waals surface area (Å²) in [6.07, 6.45) is 0.979. The zero-order chi connectivity index (χ0) is 15.2. The van der Waals surface area contributed by atoms with Gasteiger partial charge in [0.25, 0.3) is 5.91 Å². The van der Waals surface area contributed by atoms with Crippen molar-refractivity contribution in [2.24, 2.45) is 5.73 Å². The largest absolute Gasteiger partial charge is 0.439 e. The van der Waals surface area contributed by atoms with E-state index in [-0.39, 0.29) is 6.04 Å². The van der Waals surface area contributed by atoms with E-state index in [1.54, 1.807) is 0 Å². The molecule has 114 valence electrons. The lowest BCUT2D eigenvalue weighted by Gasteiger charge is -2.32. The Morgan fingerprint density at radius 1 is 1.43 bits per heavy atom. The number of piperidine rings is 1. The predicted octanol–water partition coefficient (Wildman–Crippen LogP) is 1.02. The number of pyridine rings is 1. The number of hydrogen-bond donors (Lipinski definition) is 2. The molecule has 0 radical (unpaired) electrons. The first-order valence-electron chi connectivity index (χ1n) is 6.63. The predicted molar refractivity (Wildman–Crippen MR) is 80.9 cm³/mol. The second-order valence-corrected chi connectivity index (χ2v) is 5.58. The number of alkyl carbamates (subject to hydrolysis) is 1. The van der Waals surface area contributed by atoms with Crippen molar-refractivity contribution in [3.63, 3.8) is 0 Å². The van der Waals surface area contributed by atoms with Crippen molar-refractivity contribution in [1.29, 1.82) is 0 Å². The van der Waals surface area contributed by atoms with Gasteiger partial charge in [0.1, 0.15) is 10.4 Å². The van der Waals surface area contributed by atoms with Gasteiger partial charge in [0, 0.05) is 19.1 Å². The number of nitrogens with two attached hydrogens (primary N) is 1.